The molecule has 0 aliphatic rings. The van der Waals surface area contributed by atoms with Gasteiger partial charge >= 0.3 is 0 Å². The van der Waals surface area contributed by atoms with Crippen molar-refractivity contribution in [2.45, 2.75) is 19.5 Å². The van der Waals surface area contributed by atoms with Crippen molar-refractivity contribution in [3.05, 3.63) is 61.9 Å². The van der Waals surface area contributed by atoms with Crippen LogP contribution in [0, 0.1) is 17.7 Å². The Hall–Kier alpha value is -3.10. The maximum atomic E-state index is 13.7. The number of nitrogens with zero attached hydrogens (tertiary/aromatic N) is 4. The third kappa shape index (κ3) is 5.24. The van der Waals surface area contributed by atoms with E-state index in [1.165, 1.54) is 18.7 Å². The van der Waals surface area contributed by atoms with Crippen LogP contribution in [0.2, 0.25) is 4.34 Å². The highest BCUT2D eigenvalue weighted by molar-refractivity contribution is 7.18. The Morgan fingerprint density at radius 3 is 2.72 bits per heavy atom. The fourth-order valence-electron chi connectivity index (χ4n) is 2.24. The SMILES string of the molecule is O=C(Nc1cc(F)c(=O)n(CC(F)F)c1)c1cc(C#CCn2cnnc2)c(Cl)s1. The molecular formula is C17H11ClF3N5O2S. The normalized spacial score (nSPS) is 10.7. The number of nitrogens with one attached hydrogen (secondary N) is 1. The molecular weight excluding hydrogens is 431 g/mol. The van der Waals surface area contributed by atoms with Gasteiger partial charge in [-0.3, -0.25) is 9.59 Å². The van der Waals surface area contributed by atoms with Crippen molar-refractivity contribution in [3.63, 3.8) is 0 Å². The molecule has 29 heavy (non-hydrogen) atoms. The van der Waals surface area contributed by atoms with Gasteiger partial charge in [-0.05, 0) is 6.07 Å². The maximum absolute atomic E-state index is 13.7. The van der Waals surface area contributed by atoms with Crippen LogP contribution in [0.1, 0.15) is 15.2 Å². The number of pyridine rings is 1. The topological polar surface area (TPSA) is 81.8 Å². The second-order valence-corrected chi connectivity index (χ2v) is 7.27. The molecule has 0 saturated heterocycles. The summed E-state index contributed by atoms with van der Waals surface area (Å²) in [5.41, 5.74) is -0.922. The van der Waals surface area contributed by atoms with Gasteiger partial charge < -0.3 is 14.5 Å². The quantitative estimate of drug-likeness (QED) is 0.617. The predicted octanol–water partition coefficient (Wildman–Crippen LogP) is 2.86. The zero-order chi connectivity index (χ0) is 21.0. The van der Waals surface area contributed by atoms with Crippen LogP contribution in [0.5, 0.6) is 0 Å². The fourth-order valence-corrected chi connectivity index (χ4v) is 3.32. The van der Waals surface area contributed by atoms with Gasteiger partial charge in [-0.1, -0.05) is 23.4 Å². The van der Waals surface area contributed by atoms with E-state index in [0.717, 1.165) is 23.6 Å². The largest absolute Gasteiger partial charge is 0.320 e. The smallest absolute Gasteiger partial charge is 0.286 e. The number of rotatable bonds is 5. The van der Waals surface area contributed by atoms with E-state index in [1.807, 2.05) is 0 Å². The van der Waals surface area contributed by atoms with E-state index in [0.29, 0.717) is 16.7 Å². The van der Waals surface area contributed by atoms with Crippen LogP contribution in [0.15, 0.2) is 35.8 Å². The van der Waals surface area contributed by atoms with Crippen molar-refractivity contribution in [2.75, 3.05) is 5.32 Å². The number of carbonyl (C=O) groups is 1. The van der Waals surface area contributed by atoms with Gasteiger partial charge in [0, 0.05) is 12.3 Å². The first-order valence-corrected chi connectivity index (χ1v) is 9.13. The first kappa shape index (κ1) is 20.6. The monoisotopic (exact) mass is 441 g/mol. The lowest BCUT2D eigenvalue weighted by Crippen LogP contribution is -2.26. The number of hydrogen-bond acceptors (Lipinski definition) is 5. The number of alkyl halides is 2. The van der Waals surface area contributed by atoms with E-state index in [9.17, 15) is 22.8 Å². The molecule has 150 valence electrons. The minimum absolute atomic E-state index is 0.141. The summed E-state index contributed by atoms with van der Waals surface area (Å²) in [6.07, 6.45) is 1.09. The van der Waals surface area contributed by atoms with Gasteiger partial charge in [0.1, 0.15) is 17.0 Å². The molecule has 0 atom stereocenters. The van der Waals surface area contributed by atoms with Gasteiger partial charge in [0.2, 0.25) is 0 Å². The van der Waals surface area contributed by atoms with Crippen molar-refractivity contribution in [1.29, 1.82) is 0 Å². The van der Waals surface area contributed by atoms with Crippen LogP contribution < -0.4 is 10.9 Å². The number of carbonyl (C=O) groups excluding carboxylic acids is 1. The first-order valence-electron chi connectivity index (χ1n) is 7.93. The molecule has 0 fully saturated rings. The highest BCUT2D eigenvalue weighted by atomic mass is 35.5. The molecule has 3 aromatic heterocycles. The molecule has 0 aliphatic heterocycles. The molecule has 12 heteroatoms. The Morgan fingerprint density at radius 1 is 1.31 bits per heavy atom. The van der Waals surface area contributed by atoms with Crippen LogP contribution in [-0.4, -0.2) is 31.7 Å². The number of anilines is 1. The molecule has 1 amide bonds. The van der Waals surface area contributed by atoms with E-state index >= 15 is 0 Å². The van der Waals surface area contributed by atoms with Crippen molar-refractivity contribution in [3.8, 4) is 11.8 Å². The average Bonchev–Trinajstić information content (AvgIpc) is 3.29. The molecule has 0 bridgehead atoms. The van der Waals surface area contributed by atoms with E-state index in [1.54, 1.807) is 4.57 Å². The summed E-state index contributed by atoms with van der Waals surface area (Å²) in [6.45, 7) is -0.665. The van der Waals surface area contributed by atoms with Crippen molar-refractivity contribution in [2.24, 2.45) is 0 Å². The van der Waals surface area contributed by atoms with Gasteiger partial charge in [-0.25, -0.2) is 13.2 Å². The second-order valence-electron chi connectivity index (χ2n) is 5.61. The van der Waals surface area contributed by atoms with Gasteiger partial charge in [-0.2, -0.15) is 0 Å². The third-order valence-corrected chi connectivity index (χ3v) is 4.85. The zero-order valence-corrected chi connectivity index (χ0v) is 16.0. The molecule has 3 heterocycles. The molecule has 3 rings (SSSR count). The molecule has 0 saturated carbocycles. The summed E-state index contributed by atoms with van der Waals surface area (Å²) in [7, 11) is 0. The van der Waals surface area contributed by atoms with Crippen LogP contribution in [0.3, 0.4) is 0 Å². The number of aromatic nitrogens is 4. The lowest BCUT2D eigenvalue weighted by molar-refractivity contribution is 0.103. The van der Waals surface area contributed by atoms with Crippen molar-refractivity contribution >= 4 is 34.5 Å². The number of hydrogen-bond donors (Lipinski definition) is 1. The lowest BCUT2D eigenvalue weighted by atomic mass is 10.3. The van der Waals surface area contributed by atoms with Crippen molar-refractivity contribution in [1.82, 2.24) is 19.3 Å². The number of thiophene rings is 1. The fraction of sp³-hybridized carbons (Fsp3) is 0.176. The summed E-state index contributed by atoms with van der Waals surface area (Å²) < 4.78 is 41.2. The Labute approximate surface area is 170 Å². The predicted molar refractivity (Wildman–Crippen MR) is 101 cm³/mol. The molecule has 3 aromatic rings. The second kappa shape index (κ2) is 8.93. The molecule has 0 unspecified atom stereocenters. The summed E-state index contributed by atoms with van der Waals surface area (Å²) >= 11 is 7.05. The minimum atomic E-state index is -2.85. The van der Waals surface area contributed by atoms with E-state index in [4.69, 9.17) is 11.6 Å². The number of amides is 1. The Balaban J connectivity index is 1.75. The molecule has 7 nitrogen and oxygen atoms in total. The Kier molecular flexibility index (Phi) is 6.36. The first-order chi connectivity index (χ1) is 13.8. The average molecular weight is 442 g/mol. The third-order valence-electron chi connectivity index (χ3n) is 3.50. The highest BCUT2D eigenvalue weighted by Crippen LogP contribution is 2.27. The summed E-state index contributed by atoms with van der Waals surface area (Å²) in [4.78, 5) is 24.1. The Bertz CT molecular complexity index is 1150. The van der Waals surface area contributed by atoms with Crippen LogP contribution >= 0.6 is 22.9 Å². The molecule has 0 radical (unpaired) electrons. The van der Waals surface area contributed by atoms with Crippen LogP contribution in [0.4, 0.5) is 18.9 Å². The zero-order valence-electron chi connectivity index (χ0n) is 14.4. The van der Waals surface area contributed by atoms with Gasteiger partial charge in [0.15, 0.2) is 5.82 Å². The minimum Gasteiger partial charge on any atom is -0.320 e. The summed E-state index contributed by atoms with van der Waals surface area (Å²) in [5, 5.41) is 9.65. The van der Waals surface area contributed by atoms with Crippen molar-refractivity contribution < 1.29 is 18.0 Å². The van der Waals surface area contributed by atoms with Gasteiger partial charge in [-0.15, -0.1) is 21.5 Å². The molecule has 0 aliphatic carbocycles. The maximum Gasteiger partial charge on any atom is 0.286 e. The molecule has 0 spiro atoms. The number of halogens is 4. The standard InChI is InChI=1S/C17H11ClF3N5O2S/c18-15-10(2-1-3-25-8-22-23-9-25)4-13(29-15)16(27)24-11-5-12(19)17(28)26(6-11)7-14(20)21/h4-6,8-9,14H,3,7H2,(H,24,27). The Morgan fingerprint density at radius 2 is 2.03 bits per heavy atom. The van der Waals surface area contributed by atoms with E-state index in [-0.39, 0.29) is 14.9 Å². The summed E-state index contributed by atoms with van der Waals surface area (Å²) in [5.74, 6) is 3.77. The van der Waals surface area contributed by atoms with E-state index in [2.05, 4.69) is 27.4 Å². The molecule has 0 aromatic carbocycles. The van der Waals surface area contributed by atoms with Crippen LogP contribution in [-0.2, 0) is 13.1 Å². The van der Waals surface area contributed by atoms with Gasteiger partial charge in [0.05, 0.1) is 29.2 Å². The molecule has 1 N–H and O–H groups in total. The van der Waals surface area contributed by atoms with Crippen LogP contribution in [0.25, 0.3) is 0 Å². The summed E-state index contributed by atoms with van der Waals surface area (Å²) in [6, 6.07) is 2.21. The highest BCUT2D eigenvalue weighted by Gasteiger charge is 2.16. The lowest BCUT2D eigenvalue weighted by Gasteiger charge is -2.09. The van der Waals surface area contributed by atoms with E-state index < -0.39 is 30.3 Å². The van der Waals surface area contributed by atoms with Gasteiger partial charge in [0.25, 0.3) is 17.9 Å².